The van der Waals surface area contributed by atoms with E-state index < -0.39 is 10.0 Å². The smallest absolute Gasteiger partial charge is 0.244 e. The van der Waals surface area contributed by atoms with Gasteiger partial charge in [-0.2, -0.15) is 5.10 Å². The molecule has 1 aromatic heterocycles. The minimum Gasteiger partial charge on any atom is -0.396 e. The third kappa shape index (κ3) is 3.24. The second-order valence-electron chi connectivity index (χ2n) is 4.36. The number of nitrogens with one attached hydrogen (secondary N) is 1. The van der Waals surface area contributed by atoms with Gasteiger partial charge in [0, 0.05) is 32.0 Å². The fourth-order valence-corrected chi connectivity index (χ4v) is 3.10. The van der Waals surface area contributed by atoms with Crippen LogP contribution >= 0.6 is 0 Å². The number of rotatable bonds is 6. The molecule has 0 fully saturated rings. The normalized spacial score (nSPS) is 11.7. The predicted octanol–water partition coefficient (Wildman–Crippen LogP) is 0.748. The van der Waals surface area contributed by atoms with Gasteiger partial charge in [0.15, 0.2) is 0 Å². The molecule has 108 valence electrons. The number of aliphatic hydroxyl groups excluding tert-OH is 1. The molecule has 1 heterocycles. The predicted molar refractivity (Wildman–Crippen MR) is 75.5 cm³/mol. The van der Waals surface area contributed by atoms with Crippen LogP contribution < -0.4 is 4.72 Å². The molecule has 2 rings (SSSR count). The molecule has 0 atom stereocenters. The van der Waals surface area contributed by atoms with E-state index in [1.54, 1.807) is 7.05 Å². The summed E-state index contributed by atoms with van der Waals surface area (Å²) in [5.74, 6) is 0. The van der Waals surface area contributed by atoms with E-state index in [1.807, 2.05) is 30.3 Å². The second kappa shape index (κ2) is 6.17. The maximum Gasteiger partial charge on any atom is 0.244 e. The van der Waals surface area contributed by atoms with Crippen molar-refractivity contribution < 1.29 is 13.5 Å². The van der Waals surface area contributed by atoms with Crippen molar-refractivity contribution in [1.82, 2.24) is 14.5 Å². The minimum absolute atomic E-state index is 0.0545. The van der Waals surface area contributed by atoms with Gasteiger partial charge in [-0.3, -0.25) is 4.68 Å². The molecule has 0 aliphatic rings. The summed E-state index contributed by atoms with van der Waals surface area (Å²) in [6, 6.07) is 9.16. The number of aromatic nitrogens is 2. The van der Waals surface area contributed by atoms with Crippen LogP contribution in [-0.4, -0.2) is 36.5 Å². The Hall–Kier alpha value is -1.70. The zero-order chi connectivity index (χ0) is 14.6. The lowest BCUT2D eigenvalue weighted by Crippen LogP contribution is -2.25. The van der Waals surface area contributed by atoms with E-state index in [9.17, 15) is 8.42 Å². The molecule has 0 unspecified atom stereocenters. The fraction of sp³-hybridized carbons (Fsp3) is 0.308. The molecule has 0 radical (unpaired) electrons. The molecule has 0 saturated carbocycles. The van der Waals surface area contributed by atoms with Crippen LogP contribution in [0.1, 0.15) is 6.42 Å². The lowest BCUT2D eigenvalue weighted by molar-refractivity contribution is 0.289. The topological polar surface area (TPSA) is 84.2 Å². The average molecular weight is 295 g/mol. The van der Waals surface area contributed by atoms with Crippen LogP contribution in [-0.2, 0) is 17.1 Å². The number of hydrogen-bond donors (Lipinski definition) is 2. The standard InChI is InChI=1S/C13H17N3O3S/c1-16-10-12(20(18,19)14-8-5-9-17)13(15-16)11-6-3-2-4-7-11/h2-4,6-7,10,14,17H,5,8-9H2,1H3. The average Bonchev–Trinajstić information content (AvgIpc) is 2.83. The Balaban J connectivity index is 2.38. The lowest BCUT2D eigenvalue weighted by atomic mass is 10.2. The molecule has 0 saturated heterocycles. The molecule has 1 aromatic carbocycles. The fourth-order valence-electron chi connectivity index (χ4n) is 1.82. The van der Waals surface area contributed by atoms with Crippen LogP contribution in [0.15, 0.2) is 41.4 Å². The third-order valence-corrected chi connectivity index (χ3v) is 4.22. The van der Waals surface area contributed by atoms with E-state index in [0.717, 1.165) is 5.56 Å². The van der Waals surface area contributed by atoms with Crippen molar-refractivity contribution in [3.63, 3.8) is 0 Å². The summed E-state index contributed by atoms with van der Waals surface area (Å²) in [4.78, 5) is 0.143. The molecule has 0 spiro atoms. The van der Waals surface area contributed by atoms with Crippen molar-refractivity contribution in [3.8, 4) is 11.3 Å². The molecule has 0 aliphatic heterocycles. The second-order valence-corrected chi connectivity index (χ2v) is 6.09. The Morgan fingerprint density at radius 1 is 1.30 bits per heavy atom. The third-order valence-electron chi connectivity index (χ3n) is 2.76. The molecule has 2 aromatic rings. The summed E-state index contributed by atoms with van der Waals surface area (Å²) < 4.78 is 28.5. The quantitative estimate of drug-likeness (QED) is 0.770. The largest absolute Gasteiger partial charge is 0.396 e. The Bertz CT molecular complexity index is 665. The van der Waals surface area contributed by atoms with Crippen molar-refractivity contribution in [1.29, 1.82) is 0 Å². The van der Waals surface area contributed by atoms with E-state index in [2.05, 4.69) is 9.82 Å². The molecule has 20 heavy (non-hydrogen) atoms. The SMILES string of the molecule is Cn1cc(S(=O)(=O)NCCCO)c(-c2ccccc2)n1. The Morgan fingerprint density at radius 3 is 2.65 bits per heavy atom. The summed E-state index contributed by atoms with van der Waals surface area (Å²) in [6.07, 6.45) is 1.85. The molecule has 0 bridgehead atoms. The lowest BCUT2D eigenvalue weighted by Gasteiger charge is -2.06. The first-order valence-electron chi connectivity index (χ1n) is 6.24. The minimum atomic E-state index is -3.63. The number of aryl methyl sites for hydroxylation is 1. The van der Waals surface area contributed by atoms with Gasteiger partial charge in [-0.05, 0) is 6.42 Å². The van der Waals surface area contributed by atoms with Gasteiger partial charge in [0.25, 0.3) is 0 Å². The van der Waals surface area contributed by atoms with Crippen LogP contribution in [0.25, 0.3) is 11.3 Å². The molecular formula is C13H17N3O3S. The summed E-state index contributed by atoms with van der Waals surface area (Å²) in [5, 5.41) is 12.9. The number of aliphatic hydroxyl groups is 1. The van der Waals surface area contributed by atoms with Crippen LogP contribution in [0.2, 0.25) is 0 Å². The van der Waals surface area contributed by atoms with Crippen LogP contribution in [0.4, 0.5) is 0 Å². The van der Waals surface area contributed by atoms with E-state index in [0.29, 0.717) is 12.1 Å². The number of benzene rings is 1. The van der Waals surface area contributed by atoms with E-state index in [-0.39, 0.29) is 18.0 Å². The van der Waals surface area contributed by atoms with Crippen LogP contribution in [0.5, 0.6) is 0 Å². The highest BCUT2D eigenvalue weighted by Gasteiger charge is 2.22. The van der Waals surface area contributed by atoms with Gasteiger partial charge in [-0.25, -0.2) is 13.1 Å². The summed E-state index contributed by atoms with van der Waals surface area (Å²) in [6.45, 7) is 0.142. The van der Waals surface area contributed by atoms with Gasteiger partial charge in [0.1, 0.15) is 10.6 Å². The first kappa shape index (κ1) is 14.7. The summed E-state index contributed by atoms with van der Waals surface area (Å²) in [7, 11) is -1.96. The van der Waals surface area contributed by atoms with E-state index in [4.69, 9.17) is 5.11 Å². The van der Waals surface area contributed by atoms with Crippen molar-refractivity contribution in [2.24, 2.45) is 7.05 Å². The van der Waals surface area contributed by atoms with Gasteiger partial charge < -0.3 is 5.11 Å². The maximum atomic E-state index is 12.3. The molecule has 2 N–H and O–H groups in total. The van der Waals surface area contributed by atoms with Crippen LogP contribution in [0, 0.1) is 0 Å². The van der Waals surface area contributed by atoms with Gasteiger partial charge in [-0.15, -0.1) is 0 Å². The highest BCUT2D eigenvalue weighted by Crippen LogP contribution is 2.25. The molecule has 7 heteroatoms. The van der Waals surface area contributed by atoms with Crippen molar-refractivity contribution in [2.75, 3.05) is 13.2 Å². The Kier molecular flexibility index (Phi) is 4.53. The van der Waals surface area contributed by atoms with Gasteiger partial charge >= 0.3 is 0 Å². The Labute approximate surface area is 118 Å². The molecule has 6 nitrogen and oxygen atoms in total. The van der Waals surface area contributed by atoms with Gasteiger partial charge in [0.05, 0.1) is 0 Å². The van der Waals surface area contributed by atoms with Crippen molar-refractivity contribution in [3.05, 3.63) is 36.5 Å². The zero-order valence-electron chi connectivity index (χ0n) is 11.2. The van der Waals surface area contributed by atoms with Gasteiger partial charge in [-0.1, -0.05) is 30.3 Å². The van der Waals surface area contributed by atoms with E-state index in [1.165, 1.54) is 10.9 Å². The van der Waals surface area contributed by atoms with Crippen LogP contribution in [0.3, 0.4) is 0 Å². The van der Waals surface area contributed by atoms with Crippen molar-refractivity contribution >= 4 is 10.0 Å². The highest BCUT2D eigenvalue weighted by molar-refractivity contribution is 7.89. The molecular weight excluding hydrogens is 278 g/mol. The first-order chi connectivity index (χ1) is 9.54. The number of sulfonamides is 1. The van der Waals surface area contributed by atoms with Crippen molar-refractivity contribution in [2.45, 2.75) is 11.3 Å². The zero-order valence-corrected chi connectivity index (χ0v) is 12.0. The Morgan fingerprint density at radius 2 is 2.00 bits per heavy atom. The monoisotopic (exact) mass is 295 g/mol. The van der Waals surface area contributed by atoms with Gasteiger partial charge in [0.2, 0.25) is 10.0 Å². The first-order valence-corrected chi connectivity index (χ1v) is 7.72. The molecule has 0 amide bonds. The molecule has 0 aliphatic carbocycles. The maximum absolute atomic E-state index is 12.3. The van der Waals surface area contributed by atoms with E-state index >= 15 is 0 Å². The number of hydrogen-bond acceptors (Lipinski definition) is 4. The summed E-state index contributed by atoms with van der Waals surface area (Å²) in [5.41, 5.74) is 1.17. The summed E-state index contributed by atoms with van der Waals surface area (Å²) >= 11 is 0. The number of nitrogens with zero attached hydrogens (tertiary/aromatic N) is 2. The highest BCUT2D eigenvalue weighted by atomic mass is 32.2.